The second-order valence-corrected chi connectivity index (χ2v) is 5.21. The molecule has 0 radical (unpaired) electrons. The predicted molar refractivity (Wildman–Crippen MR) is 90.1 cm³/mol. The number of aromatic nitrogens is 2. The van der Waals surface area contributed by atoms with E-state index in [0.29, 0.717) is 11.5 Å². The molecule has 1 N–H and O–H groups in total. The van der Waals surface area contributed by atoms with Gasteiger partial charge in [-0.2, -0.15) is 0 Å². The number of carbonyl (C=O) groups excluding carboxylic acids is 1. The van der Waals surface area contributed by atoms with Crippen molar-refractivity contribution in [3.63, 3.8) is 0 Å². The zero-order valence-corrected chi connectivity index (χ0v) is 13.0. The summed E-state index contributed by atoms with van der Waals surface area (Å²) in [7, 11) is 0. The molecule has 0 bridgehead atoms. The van der Waals surface area contributed by atoms with Crippen LogP contribution in [-0.4, -0.2) is 22.7 Å². The molecule has 0 unspecified atom stereocenters. The minimum atomic E-state index is -0.399. The molecule has 4 aromatic rings. The minimum absolute atomic E-state index is 0.0166. The van der Waals surface area contributed by atoms with Crippen molar-refractivity contribution < 1.29 is 18.4 Å². The Bertz CT molecular complexity index is 974. The smallest absolute Gasteiger partial charge is 0.322 e. The fourth-order valence-corrected chi connectivity index (χ4v) is 2.28. The molecule has 0 aliphatic carbocycles. The van der Waals surface area contributed by atoms with E-state index in [1.165, 1.54) is 0 Å². The molecule has 0 fully saturated rings. The number of ether oxygens (including phenoxy) is 1. The Hall–Kier alpha value is -3.61. The average molecular weight is 335 g/mol. The van der Waals surface area contributed by atoms with E-state index >= 15 is 0 Å². The maximum Gasteiger partial charge on any atom is 0.322 e. The fourth-order valence-electron chi connectivity index (χ4n) is 2.28. The third kappa shape index (κ3) is 3.35. The number of para-hydroxylation sites is 2. The van der Waals surface area contributed by atoms with E-state index in [4.69, 9.17) is 13.6 Å². The lowest BCUT2D eigenvalue weighted by molar-refractivity contribution is -0.118. The standard InChI is InChI=1S/C18H13N3O4/c22-16(11-23-13-7-2-1-3-8-13)19-18-21-20-17(25-18)15-10-12-6-4-5-9-14(12)24-15/h1-10H,11H2,(H,19,21,22). The molecule has 0 atom stereocenters. The van der Waals surface area contributed by atoms with Crippen molar-refractivity contribution in [2.24, 2.45) is 0 Å². The summed E-state index contributed by atoms with van der Waals surface area (Å²) in [6.45, 7) is -0.160. The molecule has 2 heterocycles. The monoisotopic (exact) mass is 335 g/mol. The maximum absolute atomic E-state index is 11.9. The van der Waals surface area contributed by atoms with E-state index in [1.807, 2.05) is 42.5 Å². The molecule has 0 aliphatic heterocycles. The topological polar surface area (TPSA) is 90.4 Å². The number of carbonyl (C=O) groups is 1. The molecule has 2 aromatic carbocycles. The number of benzene rings is 2. The van der Waals surface area contributed by atoms with E-state index < -0.39 is 5.91 Å². The van der Waals surface area contributed by atoms with E-state index in [-0.39, 0.29) is 18.5 Å². The van der Waals surface area contributed by atoms with Gasteiger partial charge in [-0.05, 0) is 24.3 Å². The lowest BCUT2D eigenvalue weighted by atomic mass is 10.2. The number of hydrogen-bond donors (Lipinski definition) is 1. The van der Waals surface area contributed by atoms with Crippen molar-refractivity contribution in [2.45, 2.75) is 0 Å². The van der Waals surface area contributed by atoms with Gasteiger partial charge in [0.2, 0.25) is 0 Å². The second kappa shape index (κ2) is 6.48. The van der Waals surface area contributed by atoms with Crippen LogP contribution in [0, 0.1) is 0 Å². The first-order valence-electron chi connectivity index (χ1n) is 7.58. The van der Waals surface area contributed by atoms with Crippen molar-refractivity contribution in [3.8, 4) is 17.4 Å². The van der Waals surface area contributed by atoms with Gasteiger partial charge in [0.05, 0.1) is 0 Å². The summed E-state index contributed by atoms with van der Waals surface area (Å²) in [5, 5.41) is 11.1. The normalized spacial score (nSPS) is 10.7. The Morgan fingerprint density at radius 1 is 1.00 bits per heavy atom. The van der Waals surface area contributed by atoms with Crippen LogP contribution < -0.4 is 10.1 Å². The lowest BCUT2D eigenvalue weighted by Gasteiger charge is -2.04. The number of nitrogens with zero attached hydrogens (tertiary/aromatic N) is 2. The van der Waals surface area contributed by atoms with Crippen LogP contribution in [0.25, 0.3) is 22.6 Å². The first kappa shape index (κ1) is 14.9. The number of furan rings is 1. The van der Waals surface area contributed by atoms with Gasteiger partial charge in [-0.3, -0.25) is 10.1 Å². The second-order valence-electron chi connectivity index (χ2n) is 5.21. The SMILES string of the molecule is O=C(COc1ccccc1)Nc1nnc(-c2cc3ccccc3o2)o1. The highest BCUT2D eigenvalue weighted by Crippen LogP contribution is 2.27. The summed E-state index contributed by atoms with van der Waals surface area (Å²) in [6.07, 6.45) is 0. The Balaban J connectivity index is 1.41. The van der Waals surface area contributed by atoms with Crippen LogP contribution in [0.1, 0.15) is 0 Å². The summed E-state index contributed by atoms with van der Waals surface area (Å²) in [4.78, 5) is 11.9. The molecular formula is C18H13N3O4. The molecule has 0 saturated carbocycles. The summed E-state index contributed by atoms with van der Waals surface area (Å²) in [6, 6.07) is 18.4. The zero-order valence-electron chi connectivity index (χ0n) is 13.0. The van der Waals surface area contributed by atoms with Gasteiger partial charge in [-0.15, -0.1) is 5.10 Å². The number of amides is 1. The highest BCUT2D eigenvalue weighted by atomic mass is 16.5. The molecule has 1 amide bonds. The molecular weight excluding hydrogens is 322 g/mol. The van der Waals surface area contributed by atoms with Crippen molar-refractivity contribution in [2.75, 3.05) is 11.9 Å². The molecule has 124 valence electrons. The van der Waals surface area contributed by atoms with Crippen LogP contribution in [0.3, 0.4) is 0 Å². The minimum Gasteiger partial charge on any atom is -0.484 e. The summed E-state index contributed by atoms with van der Waals surface area (Å²) in [5.41, 5.74) is 0.720. The van der Waals surface area contributed by atoms with Crippen LogP contribution in [0.5, 0.6) is 5.75 Å². The summed E-state index contributed by atoms with van der Waals surface area (Å²) < 4.78 is 16.4. The molecule has 0 aliphatic rings. The molecule has 4 rings (SSSR count). The molecule has 25 heavy (non-hydrogen) atoms. The van der Waals surface area contributed by atoms with Crippen molar-refractivity contribution >= 4 is 22.9 Å². The quantitative estimate of drug-likeness (QED) is 0.600. The lowest BCUT2D eigenvalue weighted by Crippen LogP contribution is -2.20. The third-order valence-electron chi connectivity index (χ3n) is 3.42. The first-order valence-corrected chi connectivity index (χ1v) is 7.58. The largest absolute Gasteiger partial charge is 0.484 e. The van der Waals surface area contributed by atoms with Crippen molar-refractivity contribution in [1.82, 2.24) is 10.2 Å². The predicted octanol–water partition coefficient (Wildman–Crippen LogP) is 3.50. The van der Waals surface area contributed by atoms with Gasteiger partial charge in [0.1, 0.15) is 11.3 Å². The number of rotatable bonds is 5. The highest BCUT2D eigenvalue weighted by molar-refractivity contribution is 5.90. The Morgan fingerprint density at radius 2 is 1.80 bits per heavy atom. The molecule has 0 spiro atoms. The Morgan fingerprint density at radius 3 is 2.64 bits per heavy atom. The van der Waals surface area contributed by atoms with Crippen LogP contribution in [0.4, 0.5) is 6.01 Å². The van der Waals surface area contributed by atoms with Crippen LogP contribution >= 0.6 is 0 Å². The van der Waals surface area contributed by atoms with Gasteiger partial charge >= 0.3 is 6.01 Å². The average Bonchev–Trinajstić information content (AvgIpc) is 3.27. The van der Waals surface area contributed by atoms with Crippen LogP contribution in [0.2, 0.25) is 0 Å². The molecule has 7 heteroatoms. The Kier molecular flexibility index (Phi) is 3.88. The van der Waals surface area contributed by atoms with Crippen molar-refractivity contribution in [1.29, 1.82) is 0 Å². The van der Waals surface area contributed by atoms with E-state index in [1.54, 1.807) is 18.2 Å². The summed E-state index contributed by atoms with van der Waals surface area (Å²) >= 11 is 0. The third-order valence-corrected chi connectivity index (χ3v) is 3.42. The molecule has 7 nitrogen and oxygen atoms in total. The van der Waals surface area contributed by atoms with E-state index in [2.05, 4.69) is 15.5 Å². The van der Waals surface area contributed by atoms with Crippen molar-refractivity contribution in [3.05, 3.63) is 60.7 Å². The number of fused-ring (bicyclic) bond motifs is 1. The van der Waals surface area contributed by atoms with Crippen LogP contribution in [-0.2, 0) is 4.79 Å². The Labute approximate surface area is 142 Å². The number of anilines is 1. The number of nitrogens with one attached hydrogen (secondary N) is 1. The molecule has 0 saturated heterocycles. The highest BCUT2D eigenvalue weighted by Gasteiger charge is 2.15. The van der Waals surface area contributed by atoms with E-state index in [0.717, 1.165) is 11.0 Å². The zero-order chi connectivity index (χ0) is 17.1. The molecule has 2 aromatic heterocycles. The van der Waals surface area contributed by atoms with Crippen LogP contribution in [0.15, 0.2) is 69.5 Å². The van der Waals surface area contributed by atoms with E-state index in [9.17, 15) is 4.79 Å². The van der Waals surface area contributed by atoms with Gasteiger partial charge in [0.15, 0.2) is 12.4 Å². The number of hydrogen-bond acceptors (Lipinski definition) is 6. The first-order chi connectivity index (χ1) is 12.3. The summed E-state index contributed by atoms with van der Waals surface area (Å²) in [5.74, 6) is 0.833. The van der Waals surface area contributed by atoms with Gasteiger partial charge < -0.3 is 13.6 Å². The van der Waals surface area contributed by atoms with Gasteiger partial charge in [-0.1, -0.05) is 41.5 Å². The van der Waals surface area contributed by atoms with Gasteiger partial charge in [0, 0.05) is 5.39 Å². The van der Waals surface area contributed by atoms with Gasteiger partial charge in [-0.25, -0.2) is 0 Å². The van der Waals surface area contributed by atoms with Gasteiger partial charge in [0.25, 0.3) is 11.8 Å². The maximum atomic E-state index is 11.9. The fraction of sp³-hybridized carbons (Fsp3) is 0.0556.